The second-order valence-electron chi connectivity index (χ2n) is 17.2. The lowest BCUT2D eigenvalue weighted by Gasteiger charge is -2.40. The van der Waals surface area contributed by atoms with Gasteiger partial charge in [-0.2, -0.15) is 0 Å². The van der Waals surface area contributed by atoms with Gasteiger partial charge in [0.15, 0.2) is 0 Å². The summed E-state index contributed by atoms with van der Waals surface area (Å²) in [5, 5.41) is 0. The van der Waals surface area contributed by atoms with Crippen LogP contribution in [0.25, 0.3) is 33.4 Å². The fourth-order valence-corrected chi connectivity index (χ4v) is 11.5. The van der Waals surface area contributed by atoms with Crippen LogP contribution in [0.3, 0.4) is 0 Å². The van der Waals surface area contributed by atoms with Crippen molar-refractivity contribution in [3.8, 4) is 44.9 Å². The van der Waals surface area contributed by atoms with Gasteiger partial charge in [0, 0.05) is 33.8 Å². The molecular weight excluding hydrogens is 787 g/mol. The predicted molar refractivity (Wildman–Crippen MR) is 266 cm³/mol. The quantitative estimate of drug-likeness (QED) is 0.155. The van der Waals surface area contributed by atoms with E-state index in [0.717, 1.165) is 50.8 Å². The average Bonchev–Trinajstić information content (AvgIpc) is 3.65. The van der Waals surface area contributed by atoms with E-state index in [1.165, 1.54) is 55.6 Å². The van der Waals surface area contributed by atoms with Gasteiger partial charge in [0.05, 0.1) is 10.8 Å². The molecule has 0 bridgehead atoms. The molecular formula is C63H41NO. The number of rotatable bonds is 6. The number of hydrogen-bond acceptors (Lipinski definition) is 2. The van der Waals surface area contributed by atoms with Crippen molar-refractivity contribution in [2.75, 3.05) is 4.90 Å². The maximum atomic E-state index is 6.87. The van der Waals surface area contributed by atoms with E-state index in [1.54, 1.807) is 0 Å². The molecule has 0 amide bonds. The van der Waals surface area contributed by atoms with E-state index in [2.05, 4.69) is 253 Å². The van der Waals surface area contributed by atoms with E-state index in [-0.39, 0.29) is 0 Å². The molecule has 1 atom stereocenters. The molecule has 0 radical (unpaired) electrons. The van der Waals surface area contributed by atoms with Gasteiger partial charge in [-0.15, -0.1) is 5.73 Å². The molecule has 9 aromatic carbocycles. The summed E-state index contributed by atoms with van der Waals surface area (Å²) in [6, 6.07) is 79.8. The van der Waals surface area contributed by atoms with Crippen LogP contribution in [0.15, 0.2) is 260 Å². The van der Waals surface area contributed by atoms with Gasteiger partial charge >= 0.3 is 0 Å². The van der Waals surface area contributed by atoms with Crippen molar-refractivity contribution in [2.45, 2.75) is 10.8 Å². The molecule has 0 saturated heterocycles. The normalized spacial score (nSPS) is 16.3. The fourth-order valence-electron chi connectivity index (χ4n) is 11.5. The topological polar surface area (TPSA) is 12.5 Å². The van der Waals surface area contributed by atoms with Crippen LogP contribution >= 0.6 is 0 Å². The first kappa shape index (κ1) is 37.2. The Labute approximate surface area is 379 Å². The van der Waals surface area contributed by atoms with E-state index in [9.17, 15) is 0 Å². The standard InChI is InChI=1S/C63H41NO/c1-2-6-21-44(20-5-1)62(45-22-7-3-8-23-45)54-30-14-11-28-52(54)53-41-40-48(42-58(53)62)64(46-24-9-4-10-25-46)47-38-36-43(37-39-47)49-29-19-35-60-61(49)63(57-33-17-18-34-59(57)65-60)55-31-15-12-26-50(55)51-27-13-16-32-56(51)63/h1-20,22-42H. The molecule has 4 aliphatic rings. The lowest BCUT2D eigenvalue weighted by molar-refractivity contribution is 0.437. The lowest BCUT2D eigenvalue weighted by Crippen LogP contribution is -2.32. The zero-order valence-electron chi connectivity index (χ0n) is 35.5. The highest BCUT2D eigenvalue weighted by atomic mass is 16.5. The van der Waals surface area contributed by atoms with Gasteiger partial charge in [-0.1, -0.05) is 188 Å². The van der Waals surface area contributed by atoms with E-state index < -0.39 is 10.8 Å². The predicted octanol–water partition coefficient (Wildman–Crippen LogP) is 15.8. The molecule has 3 aliphatic carbocycles. The Hall–Kier alpha value is -8.42. The Kier molecular flexibility index (Phi) is 8.33. The summed E-state index contributed by atoms with van der Waals surface area (Å²) in [5.74, 6) is 1.78. The first-order valence-corrected chi connectivity index (χ1v) is 22.4. The third kappa shape index (κ3) is 5.30. The lowest BCUT2D eigenvalue weighted by atomic mass is 9.64. The second kappa shape index (κ2) is 14.6. The molecule has 1 heterocycles. The van der Waals surface area contributed by atoms with Crippen molar-refractivity contribution in [1.29, 1.82) is 0 Å². The molecule has 1 aliphatic heterocycles. The van der Waals surface area contributed by atoms with Crippen LogP contribution < -0.4 is 9.64 Å². The van der Waals surface area contributed by atoms with Crippen LogP contribution in [0.4, 0.5) is 17.1 Å². The number of nitrogens with zero attached hydrogens (tertiary/aromatic N) is 1. The summed E-state index contributed by atoms with van der Waals surface area (Å²) >= 11 is 0. The number of para-hydroxylation sites is 2. The molecule has 0 saturated carbocycles. The number of allylic oxidation sites excluding steroid dienone is 5. The summed E-state index contributed by atoms with van der Waals surface area (Å²) in [4.78, 5) is 2.39. The monoisotopic (exact) mass is 827 g/mol. The minimum absolute atomic E-state index is 0.566. The number of ether oxygens (including phenoxy) is 1. The van der Waals surface area contributed by atoms with Gasteiger partial charge in [0.1, 0.15) is 11.5 Å². The van der Waals surface area contributed by atoms with Crippen molar-refractivity contribution in [1.82, 2.24) is 0 Å². The van der Waals surface area contributed by atoms with Crippen LogP contribution in [-0.2, 0) is 10.8 Å². The Bertz CT molecular complexity index is 3450. The zero-order valence-corrected chi connectivity index (χ0v) is 35.5. The van der Waals surface area contributed by atoms with Gasteiger partial charge < -0.3 is 9.64 Å². The Balaban J connectivity index is 0.996. The van der Waals surface area contributed by atoms with Gasteiger partial charge in [-0.05, 0) is 122 Å². The van der Waals surface area contributed by atoms with Crippen molar-refractivity contribution in [3.63, 3.8) is 0 Å². The van der Waals surface area contributed by atoms with Gasteiger partial charge in [0.25, 0.3) is 0 Å². The van der Waals surface area contributed by atoms with E-state index >= 15 is 0 Å². The molecule has 1 spiro atoms. The summed E-state index contributed by atoms with van der Waals surface area (Å²) < 4.78 is 6.87. The Morgan fingerprint density at radius 2 is 0.908 bits per heavy atom. The molecule has 2 nitrogen and oxygen atoms in total. The summed E-state index contributed by atoms with van der Waals surface area (Å²) in [5.41, 5.74) is 22.8. The van der Waals surface area contributed by atoms with Crippen LogP contribution in [0.2, 0.25) is 0 Å². The maximum absolute atomic E-state index is 6.87. The van der Waals surface area contributed by atoms with Gasteiger partial charge in [-0.3, -0.25) is 0 Å². The maximum Gasteiger partial charge on any atom is 0.132 e. The average molecular weight is 828 g/mol. The minimum atomic E-state index is -0.588. The molecule has 1 unspecified atom stereocenters. The number of benzene rings is 9. The highest BCUT2D eigenvalue weighted by Gasteiger charge is 2.52. The Morgan fingerprint density at radius 3 is 1.62 bits per heavy atom. The number of hydrogen-bond donors (Lipinski definition) is 0. The van der Waals surface area contributed by atoms with E-state index in [4.69, 9.17) is 4.74 Å². The Morgan fingerprint density at radius 1 is 0.369 bits per heavy atom. The SMILES string of the molecule is C1=CC=CC=CC=1C1(c2ccccc2)c2ccccc2-c2ccc(N(c3ccccc3)c3ccc(-c4cccc5c4C4(c6ccccc6O5)c5ccccc5-c5ccccc54)cc3)cc21. The molecule has 2 heteroatoms. The molecule has 65 heavy (non-hydrogen) atoms. The molecule has 0 N–H and O–H groups in total. The molecule has 0 aromatic heterocycles. The first-order valence-electron chi connectivity index (χ1n) is 22.4. The largest absolute Gasteiger partial charge is 0.457 e. The number of fused-ring (bicyclic) bond motifs is 12. The van der Waals surface area contributed by atoms with Crippen molar-refractivity contribution >= 4 is 17.1 Å². The smallest absolute Gasteiger partial charge is 0.132 e. The molecule has 0 fully saturated rings. The summed E-state index contributed by atoms with van der Waals surface area (Å²) in [6.07, 6.45) is 10.6. The third-order valence-corrected chi connectivity index (χ3v) is 14.0. The summed E-state index contributed by atoms with van der Waals surface area (Å²) in [6.45, 7) is 0. The van der Waals surface area contributed by atoms with Gasteiger partial charge in [0.2, 0.25) is 0 Å². The third-order valence-electron chi connectivity index (χ3n) is 14.0. The van der Waals surface area contributed by atoms with E-state index in [1.807, 2.05) is 6.08 Å². The van der Waals surface area contributed by atoms with Crippen LogP contribution in [0.5, 0.6) is 11.5 Å². The van der Waals surface area contributed by atoms with Crippen molar-refractivity contribution < 1.29 is 4.74 Å². The van der Waals surface area contributed by atoms with Crippen molar-refractivity contribution in [3.05, 3.63) is 299 Å². The van der Waals surface area contributed by atoms with Crippen LogP contribution in [-0.4, -0.2) is 0 Å². The molecule has 13 rings (SSSR count). The van der Waals surface area contributed by atoms with Gasteiger partial charge in [-0.25, -0.2) is 0 Å². The molecule has 304 valence electrons. The zero-order chi connectivity index (χ0) is 43.0. The molecule has 9 aromatic rings. The van der Waals surface area contributed by atoms with Crippen LogP contribution in [0, 0.1) is 0 Å². The second-order valence-corrected chi connectivity index (χ2v) is 17.2. The van der Waals surface area contributed by atoms with Crippen molar-refractivity contribution in [2.24, 2.45) is 0 Å². The van der Waals surface area contributed by atoms with E-state index in [0.29, 0.717) is 0 Å². The van der Waals surface area contributed by atoms with Crippen LogP contribution in [0.1, 0.15) is 38.9 Å². The highest BCUT2D eigenvalue weighted by Crippen LogP contribution is 2.64. The minimum Gasteiger partial charge on any atom is -0.457 e. The first-order chi connectivity index (χ1) is 32.3. The fraction of sp³-hybridized carbons (Fsp3) is 0.0317. The highest BCUT2D eigenvalue weighted by molar-refractivity contribution is 5.93. The summed E-state index contributed by atoms with van der Waals surface area (Å²) in [7, 11) is 0. The number of anilines is 3.